The fourth-order valence-electron chi connectivity index (χ4n) is 1.73. The highest BCUT2D eigenvalue weighted by Gasteiger charge is 2.45. The number of hydrogen-bond donors (Lipinski definition) is 0. The molecule has 116 valence electrons. The van der Waals surface area contributed by atoms with Gasteiger partial charge in [-0.25, -0.2) is 0 Å². The highest BCUT2D eigenvalue weighted by molar-refractivity contribution is 9.10. The van der Waals surface area contributed by atoms with E-state index in [0.29, 0.717) is 4.47 Å². The number of rotatable bonds is 6. The average molecular weight is 382 g/mol. The molecular formula is C11H13BrNO7P. The molecule has 0 aliphatic rings. The van der Waals surface area contributed by atoms with E-state index in [9.17, 15) is 19.5 Å². The molecule has 0 saturated heterocycles. The Balaban J connectivity index is 3.58. The molecule has 0 amide bonds. The van der Waals surface area contributed by atoms with Crippen LogP contribution < -0.4 is 0 Å². The van der Waals surface area contributed by atoms with Crippen molar-refractivity contribution in [1.29, 1.82) is 0 Å². The van der Waals surface area contributed by atoms with Crippen molar-refractivity contribution in [3.63, 3.8) is 0 Å². The van der Waals surface area contributed by atoms with Crippen LogP contribution in [0, 0.1) is 10.1 Å². The van der Waals surface area contributed by atoms with Crippen LogP contribution in [0.4, 0.5) is 5.69 Å². The van der Waals surface area contributed by atoms with E-state index in [1.807, 2.05) is 0 Å². The van der Waals surface area contributed by atoms with Gasteiger partial charge in [-0.2, -0.15) is 0 Å². The minimum atomic E-state index is -3.96. The maximum atomic E-state index is 12.5. The Hall–Kier alpha value is -1.28. The van der Waals surface area contributed by atoms with E-state index in [2.05, 4.69) is 20.7 Å². The first-order chi connectivity index (χ1) is 9.80. The molecule has 0 unspecified atom stereocenters. The maximum Gasteiger partial charge on any atom is 0.349 e. The molecule has 1 rings (SSSR count). The van der Waals surface area contributed by atoms with E-state index < -0.39 is 29.8 Å². The van der Waals surface area contributed by atoms with Gasteiger partial charge in [0.15, 0.2) is 5.66 Å². The van der Waals surface area contributed by atoms with Gasteiger partial charge in [0.1, 0.15) is 0 Å². The van der Waals surface area contributed by atoms with Crippen molar-refractivity contribution < 1.29 is 28.1 Å². The lowest BCUT2D eigenvalue weighted by atomic mass is 10.1. The summed E-state index contributed by atoms with van der Waals surface area (Å²) in [6.45, 7) is 0. The third kappa shape index (κ3) is 3.68. The van der Waals surface area contributed by atoms with Crippen LogP contribution in [-0.2, 0) is 23.1 Å². The summed E-state index contributed by atoms with van der Waals surface area (Å²) in [4.78, 5) is 22.4. The zero-order chi connectivity index (χ0) is 16.2. The second kappa shape index (κ2) is 7.13. The van der Waals surface area contributed by atoms with Gasteiger partial charge in [0.05, 0.1) is 17.6 Å². The van der Waals surface area contributed by atoms with Gasteiger partial charge in [0.2, 0.25) is 0 Å². The average Bonchev–Trinajstić information content (AvgIpc) is 2.48. The number of halogens is 1. The number of nitro benzene ring substituents is 1. The second-order valence-electron chi connectivity index (χ2n) is 3.79. The quantitative estimate of drug-likeness (QED) is 0.322. The minimum Gasteiger partial charge on any atom is -0.468 e. The molecule has 0 bridgehead atoms. The number of esters is 1. The van der Waals surface area contributed by atoms with Gasteiger partial charge in [-0.05, 0) is 12.1 Å². The molecule has 0 N–H and O–H groups in total. The fourth-order valence-corrected chi connectivity index (χ4v) is 3.57. The van der Waals surface area contributed by atoms with Crippen molar-refractivity contribution in [1.82, 2.24) is 0 Å². The molecule has 8 nitrogen and oxygen atoms in total. The maximum absolute atomic E-state index is 12.5. The third-order valence-electron chi connectivity index (χ3n) is 2.73. The normalized spacial score (nSPS) is 12.8. The van der Waals surface area contributed by atoms with Crippen molar-refractivity contribution in [2.45, 2.75) is 5.66 Å². The molecule has 0 saturated carbocycles. The molecule has 10 heteroatoms. The number of ether oxygens (including phenoxy) is 1. The van der Waals surface area contributed by atoms with Crippen LogP contribution in [0.1, 0.15) is 11.2 Å². The zero-order valence-corrected chi connectivity index (χ0v) is 13.9. The largest absolute Gasteiger partial charge is 0.468 e. The molecule has 0 heterocycles. The van der Waals surface area contributed by atoms with Gasteiger partial charge < -0.3 is 13.8 Å². The first kappa shape index (κ1) is 17.8. The Morgan fingerprint density at radius 2 is 1.90 bits per heavy atom. The number of nitro groups is 1. The van der Waals surface area contributed by atoms with Crippen LogP contribution in [0.25, 0.3) is 0 Å². The number of methoxy groups -OCH3 is 1. The Bertz CT molecular complexity index is 598. The Kier molecular flexibility index (Phi) is 6.03. The van der Waals surface area contributed by atoms with E-state index in [-0.39, 0.29) is 5.56 Å². The molecule has 0 fully saturated rings. The van der Waals surface area contributed by atoms with E-state index >= 15 is 0 Å². The van der Waals surface area contributed by atoms with Gasteiger partial charge in [0, 0.05) is 24.8 Å². The standard InChI is InChI=1S/C11H13BrNO7P/c1-18-11(14)10(21(17,19-2)20-3)8-5-4-7(12)6-9(8)13(15)16/h4-6,10H,1-3H3/t10-/m0/s1. The van der Waals surface area contributed by atoms with Crippen molar-refractivity contribution in [2.24, 2.45) is 0 Å². The van der Waals surface area contributed by atoms with E-state index in [4.69, 9.17) is 9.05 Å². The lowest BCUT2D eigenvalue weighted by Crippen LogP contribution is -2.17. The van der Waals surface area contributed by atoms with Gasteiger partial charge >= 0.3 is 13.6 Å². The molecule has 0 spiro atoms. The predicted molar refractivity (Wildman–Crippen MR) is 77.2 cm³/mol. The Morgan fingerprint density at radius 3 is 2.33 bits per heavy atom. The fraction of sp³-hybridized carbons (Fsp3) is 0.364. The molecular weight excluding hydrogens is 369 g/mol. The lowest BCUT2D eigenvalue weighted by Gasteiger charge is -2.22. The van der Waals surface area contributed by atoms with Gasteiger partial charge in [-0.3, -0.25) is 19.5 Å². The summed E-state index contributed by atoms with van der Waals surface area (Å²) >= 11 is 3.10. The topological polar surface area (TPSA) is 105 Å². The van der Waals surface area contributed by atoms with Crippen LogP contribution >= 0.6 is 23.5 Å². The summed E-state index contributed by atoms with van der Waals surface area (Å²) in [5.74, 6) is -0.951. The van der Waals surface area contributed by atoms with Crippen molar-refractivity contribution >= 4 is 35.2 Å². The van der Waals surface area contributed by atoms with E-state index in [0.717, 1.165) is 21.3 Å². The highest BCUT2D eigenvalue weighted by atomic mass is 79.9. The number of benzene rings is 1. The van der Waals surface area contributed by atoms with Crippen LogP contribution in [-0.4, -0.2) is 32.2 Å². The minimum absolute atomic E-state index is 0.109. The summed E-state index contributed by atoms with van der Waals surface area (Å²) in [7, 11) is -0.706. The molecule has 0 aliphatic carbocycles. The molecule has 1 aromatic rings. The highest BCUT2D eigenvalue weighted by Crippen LogP contribution is 2.61. The van der Waals surface area contributed by atoms with Crippen LogP contribution in [0.5, 0.6) is 0 Å². The Morgan fingerprint density at radius 1 is 1.33 bits per heavy atom. The first-order valence-corrected chi connectivity index (χ1v) is 7.94. The lowest BCUT2D eigenvalue weighted by molar-refractivity contribution is -0.385. The van der Waals surface area contributed by atoms with E-state index in [1.54, 1.807) is 0 Å². The van der Waals surface area contributed by atoms with Crippen molar-refractivity contribution in [2.75, 3.05) is 21.3 Å². The molecule has 1 atom stereocenters. The smallest absolute Gasteiger partial charge is 0.349 e. The third-order valence-corrected chi connectivity index (χ3v) is 5.37. The summed E-state index contributed by atoms with van der Waals surface area (Å²) in [6, 6.07) is 3.98. The predicted octanol–water partition coefficient (Wildman–Crippen LogP) is 3.06. The summed E-state index contributed by atoms with van der Waals surface area (Å²) in [6.07, 6.45) is 0. The second-order valence-corrected chi connectivity index (χ2v) is 7.03. The number of carbonyl (C=O) groups is 1. The summed E-state index contributed by atoms with van der Waals surface area (Å²) < 4.78 is 27.1. The molecule has 0 aliphatic heterocycles. The van der Waals surface area contributed by atoms with E-state index in [1.165, 1.54) is 18.2 Å². The van der Waals surface area contributed by atoms with Gasteiger partial charge in [0.25, 0.3) is 5.69 Å². The molecule has 1 aromatic carbocycles. The van der Waals surface area contributed by atoms with Crippen LogP contribution in [0.15, 0.2) is 22.7 Å². The summed E-state index contributed by atoms with van der Waals surface area (Å²) in [5, 5.41) is 11.2. The van der Waals surface area contributed by atoms with Crippen molar-refractivity contribution in [3.05, 3.63) is 38.3 Å². The Labute approximate surface area is 129 Å². The monoisotopic (exact) mass is 381 g/mol. The molecule has 0 aromatic heterocycles. The number of hydrogen-bond acceptors (Lipinski definition) is 7. The first-order valence-electron chi connectivity index (χ1n) is 5.53. The number of nitrogens with zero attached hydrogens (tertiary/aromatic N) is 1. The SMILES string of the molecule is COC(=O)[C@H](c1ccc(Br)cc1[N+](=O)[O-])P(=O)(OC)OC. The molecule has 0 radical (unpaired) electrons. The van der Waals surface area contributed by atoms with Crippen LogP contribution in [0.2, 0.25) is 0 Å². The molecule has 21 heavy (non-hydrogen) atoms. The number of carbonyl (C=O) groups excluding carboxylic acids is 1. The van der Waals surface area contributed by atoms with Crippen LogP contribution in [0.3, 0.4) is 0 Å². The van der Waals surface area contributed by atoms with Gasteiger partial charge in [-0.15, -0.1) is 0 Å². The van der Waals surface area contributed by atoms with Gasteiger partial charge in [-0.1, -0.05) is 15.9 Å². The summed E-state index contributed by atoms with van der Waals surface area (Å²) in [5.41, 5.74) is -2.05. The van der Waals surface area contributed by atoms with Crippen molar-refractivity contribution in [3.8, 4) is 0 Å². The zero-order valence-electron chi connectivity index (χ0n) is 11.4.